The summed E-state index contributed by atoms with van der Waals surface area (Å²) in [4.78, 5) is 2.58. The fourth-order valence-electron chi connectivity index (χ4n) is 2.60. The van der Waals surface area contributed by atoms with Gasteiger partial charge in [0.05, 0.1) is 6.26 Å². The minimum Gasteiger partial charge on any atom is -0.469 e. The van der Waals surface area contributed by atoms with E-state index in [-0.39, 0.29) is 0 Å². The van der Waals surface area contributed by atoms with E-state index in [2.05, 4.69) is 44.0 Å². The Labute approximate surface area is 111 Å². The lowest BCUT2D eigenvalue weighted by molar-refractivity contribution is 0.102. The van der Waals surface area contributed by atoms with Gasteiger partial charge in [0.25, 0.3) is 0 Å². The van der Waals surface area contributed by atoms with Gasteiger partial charge >= 0.3 is 0 Å². The van der Waals surface area contributed by atoms with Gasteiger partial charge in [-0.2, -0.15) is 0 Å². The minimum absolute atomic E-state index is 0.322. The Morgan fingerprint density at radius 3 is 2.89 bits per heavy atom. The van der Waals surface area contributed by atoms with Gasteiger partial charge in [-0.25, -0.2) is 0 Å². The van der Waals surface area contributed by atoms with Crippen molar-refractivity contribution in [1.29, 1.82) is 0 Å². The third kappa shape index (κ3) is 3.36. The minimum atomic E-state index is 0.322. The maximum Gasteiger partial charge on any atom is 0.105 e. The molecular formula is C15H26N2O. The topological polar surface area (TPSA) is 28.4 Å². The molecule has 102 valence electrons. The predicted molar refractivity (Wildman–Crippen MR) is 74.7 cm³/mol. The quantitative estimate of drug-likeness (QED) is 0.893. The van der Waals surface area contributed by atoms with Crippen LogP contribution < -0.4 is 5.32 Å². The Hall–Kier alpha value is -0.800. The van der Waals surface area contributed by atoms with Crippen molar-refractivity contribution >= 4 is 0 Å². The number of nitrogens with one attached hydrogen (secondary N) is 1. The first-order valence-corrected chi connectivity index (χ1v) is 6.96. The lowest BCUT2D eigenvalue weighted by Gasteiger charge is -2.42. The zero-order valence-corrected chi connectivity index (χ0v) is 12.1. The lowest BCUT2D eigenvalue weighted by Crippen LogP contribution is -2.58. The van der Waals surface area contributed by atoms with Gasteiger partial charge in [0, 0.05) is 38.1 Å². The lowest BCUT2D eigenvalue weighted by atomic mass is 9.85. The average molecular weight is 250 g/mol. The summed E-state index contributed by atoms with van der Waals surface area (Å²) in [6, 6.07) is 5.16. The zero-order chi connectivity index (χ0) is 13.2. The molecule has 0 aromatic carbocycles. The normalized spacial score (nSPS) is 24.1. The third-order valence-electron chi connectivity index (χ3n) is 3.95. The molecule has 1 aromatic heterocycles. The summed E-state index contributed by atoms with van der Waals surface area (Å²) < 4.78 is 5.45. The van der Waals surface area contributed by atoms with Gasteiger partial charge in [-0.1, -0.05) is 20.8 Å². The molecular weight excluding hydrogens is 224 g/mol. The van der Waals surface area contributed by atoms with E-state index in [1.807, 2.05) is 6.07 Å². The maximum atomic E-state index is 5.45. The van der Waals surface area contributed by atoms with E-state index in [0.29, 0.717) is 17.5 Å². The van der Waals surface area contributed by atoms with Crippen molar-refractivity contribution in [2.45, 2.75) is 46.2 Å². The van der Waals surface area contributed by atoms with E-state index >= 15 is 0 Å². The van der Waals surface area contributed by atoms with Gasteiger partial charge < -0.3 is 9.73 Å². The monoisotopic (exact) mass is 250 g/mol. The van der Waals surface area contributed by atoms with E-state index in [9.17, 15) is 0 Å². The van der Waals surface area contributed by atoms with Gasteiger partial charge in [0.15, 0.2) is 0 Å². The van der Waals surface area contributed by atoms with Crippen molar-refractivity contribution in [3.63, 3.8) is 0 Å². The second-order valence-electron chi connectivity index (χ2n) is 6.50. The highest BCUT2D eigenvalue weighted by molar-refractivity contribution is 5.01. The molecule has 2 rings (SSSR count). The Balaban J connectivity index is 1.92. The molecule has 3 heteroatoms. The summed E-state index contributed by atoms with van der Waals surface area (Å²) in [5.41, 5.74) is 0.322. The van der Waals surface area contributed by atoms with Gasteiger partial charge in [-0.05, 0) is 24.5 Å². The van der Waals surface area contributed by atoms with Crippen LogP contribution in [0.25, 0.3) is 0 Å². The zero-order valence-electron chi connectivity index (χ0n) is 12.1. The fraction of sp³-hybridized carbons (Fsp3) is 0.733. The van der Waals surface area contributed by atoms with Gasteiger partial charge in [-0.15, -0.1) is 0 Å². The molecule has 0 aliphatic carbocycles. The van der Waals surface area contributed by atoms with Crippen LogP contribution in [0.15, 0.2) is 22.8 Å². The van der Waals surface area contributed by atoms with Crippen molar-refractivity contribution in [1.82, 2.24) is 10.2 Å². The van der Waals surface area contributed by atoms with Gasteiger partial charge in [0.1, 0.15) is 5.76 Å². The number of hydrogen-bond donors (Lipinski definition) is 1. The Kier molecular flexibility index (Phi) is 4.13. The summed E-state index contributed by atoms with van der Waals surface area (Å²) in [5, 5.41) is 3.64. The summed E-state index contributed by atoms with van der Waals surface area (Å²) in [6.07, 6.45) is 2.77. The highest BCUT2D eigenvalue weighted by Gasteiger charge is 2.31. The van der Waals surface area contributed by atoms with Crippen LogP contribution in [-0.4, -0.2) is 36.6 Å². The van der Waals surface area contributed by atoms with E-state index in [0.717, 1.165) is 31.8 Å². The summed E-state index contributed by atoms with van der Waals surface area (Å²) in [5.74, 6) is 1.09. The number of hydrogen-bond acceptors (Lipinski definition) is 3. The van der Waals surface area contributed by atoms with Crippen molar-refractivity contribution < 1.29 is 4.42 Å². The van der Waals surface area contributed by atoms with Crippen LogP contribution in [0.2, 0.25) is 0 Å². The molecule has 1 N–H and O–H groups in total. The summed E-state index contributed by atoms with van der Waals surface area (Å²) in [7, 11) is 0. The molecule has 1 fully saturated rings. The largest absolute Gasteiger partial charge is 0.469 e. The predicted octanol–water partition coefficient (Wildman–Crippen LogP) is 2.53. The Bertz CT molecular complexity index is 353. The Morgan fingerprint density at radius 2 is 2.28 bits per heavy atom. The molecule has 1 aliphatic heterocycles. The summed E-state index contributed by atoms with van der Waals surface area (Å²) in [6.45, 7) is 12.6. The van der Waals surface area contributed by atoms with Crippen LogP contribution in [0.4, 0.5) is 0 Å². The molecule has 2 heterocycles. The van der Waals surface area contributed by atoms with Gasteiger partial charge in [0.2, 0.25) is 0 Å². The van der Waals surface area contributed by atoms with Crippen LogP contribution >= 0.6 is 0 Å². The van der Waals surface area contributed by atoms with E-state index < -0.39 is 0 Å². The molecule has 0 saturated carbocycles. The summed E-state index contributed by atoms with van der Waals surface area (Å²) >= 11 is 0. The molecule has 1 aromatic rings. The van der Waals surface area contributed by atoms with Crippen LogP contribution in [0.1, 0.15) is 33.5 Å². The SMILES string of the molecule is CC(Cc1ccco1)N1CCNC(C(C)(C)C)C1. The molecule has 1 saturated heterocycles. The van der Waals surface area contributed by atoms with E-state index in [1.165, 1.54) is 0 Å². The molecule has 0 radical (unpaired) electrons. The molecule has 0 amide bonds. The van der Waals surface area contributed by atoms with Crippen LogP contribution in [0.3, 0.4) is 0 Å². The van der Waals surface area contributed by atoms with Crippen LogP contribution in [-0.2, 0) is 6.42 Å². The average Bonchev–Trinajstić information content (AvgIpc) is 2.81. The second-order valence-corrected chi connectivity index (χ2v) is 6.50. The van der Waals surface area contributed by atoms with Crippen molar-refractivity contribution in [3.05, 3.63) is 24.2 Å². The fourth-order valence-corrected chi connectivity index (χ4v) is 2.60. The molecule has 0 spiro atoms. The first kappa shape index (κ1) is 13.6. The number of rotatable bonds is 3. The van der Waals surface area contributed by atoms with Crippen LogP contribution in [0.5, 0.6) is 0 Å². The molecule has 2 atom stereocenters. The Morgan fingerprint density at radius 1 is 1.50 bits per heavy atom. The van der Waals surface area contributed by atoms with E-state index in [4.69, 9.17) is 4.42 Å². The second kappa shape index (κ2) is 5.45. The molecule has 3 nitrogen and oxygen atoms in total. The standard InChI is InChI=1S/C15H26N2O/c1-12(10-13-6-5-9-18-13)17-8-7-16-14(11-17)15(2,3)4/h5-6,9,12,14,16H,7-8,10-11H2,1-4H3. The molecule has 0 bridgehead atoms. The van der Waals surface area contributed by atoms with Crippen LogP contribution in [0, 0.1) is 5.41 Å². The number of piperazine rings is 1. The molecule has 2 unspecified atom stereocenters. The molecule has 18 heavy (non-hydrogen) atoms. The smallest absolute Gasteiger partial charge is 0.105 e. The number of furan rings is 1. The first-order valence-electron chi connectivity index (χ1n) is 6.96. The highest BCUT2D eigenvalue weighted by atomic mass is 16.3. The molecule has 1 aliphatic rings. The number of nitrogens with zero attached hydrogens (tertiary/aromatic N) is 1. The third-order valence-corrected chi connectivity index (χ3v) is 3.95. The first-order chi connectivity index (χ1) is 8.47. The highest BCUT2D eigenvalue weighted by Crippen LogP contribution is 2.23. The van der Waals surface area contributed by atoms with Crippen molar-refractivity contribution in [3.8, 4) is 0 Å². The van der Waals surface area contributed by atoms with Crippen molar-refractivity contribution in [2.75, 3.05) is 19.6 Å². The van der Waals surface area contributed by atoms with E-state index in [1.54, 1.807) is 6.26 Å². The van der Waals surface area contributed by atoms with Gasteiger partial charge in [-0.3, -0.25) is 4.90 Å². The van der Waals surface area contributed by atoms with Crippen molar-refractivity contribution in [2.24, 2.45) is 5.41 Å². The maximum absolute atomic E-state index is 5.45.